The summed E-state index contributed by atoms with van der Waals surface area (Å²) in [5.74, 6) is -0.527. The van der Waals surface area contributed by atoms with Crippen LogP contribution in [0.3, 0.4) is 0 Å². The minimum absolute atomic E-state index is 0.130. The Balaban J connectivity index is 2.32. The number of hydrogen-bond acceptors (Lipinski definition) is 3. The highest BCUT2D eigenvalue weighted by atomic mass is 32.2. The van der Waals surface area contributed by atoms with Crippen molar-refractivity contribution in [3.63, 3.8) is 0 Å². The van der Waals surface area contributed by atoms with Gasteiger partial charge in [0.15, 0.2) is 0 Å². The molecule has 0 aliphatic carbocycles. The molecule has 0 bridgehead atoms. The van der Waals surface area contributed by atoms with Gasteiger partial charge in [0.2, 0.25) is 10.0 Å². The number of rotatable bonds is 5. The zero-order chi connectivity index (χ0) is 15.6. The minimum Gasteiger partial charge on any atom is -0.478 e. The van der Waals surface area contributed by atoms with Crippen LogP contribution in [0.25, 0.3) is 0 Å². The summed E-state index contributed by atoms with van der Waals surface area (Å²) in [6.45, 7) is 4.47. The summed E-state index contributed by atoms with van der Waals surface area (Å²) in [4.78, 5) is 11.0. The molecule has 0 fully saturated rings. The molecule has 1 aromatic rings. The third-order valence-electron chi connectivity index (χ3n) is 3.69. The maximum atomic E-state index is 12.5. The van der Waals surface area contributed by atoms with Crippen molar-refractivity contribution in [2.24, 2.45) is 5.92 Å². The predicted molar refractivity (Wildman–Crippen MR) is 82.3 cm³/mol. The molecule has 1 N–H and O–H groups in total. The molecule has 0 unspecified atom stereocenters. The summed E-state index contributed by atoms with van der Waals surface area (Å²) < 4.78 is 26.4. The molecule has 1 aromatic carbocycles. The Morgan fingerprint density at radius 1 is 1.38 bits per heavy atom. The lowest BCUT2D eigenvalue weighted by atomic mass is 10.0. The number of anilines is 1. The molecule has 116 valence electrons. The molecule has 0 saturated carbocycles. The Bertz CT molecular complexity index is 637. The molecular formula is C15H21NO4S. The fourth-order valence-corrected chi connectivity index (χ4v) is 4.35. The summed E-state index contributed by atoms with van der Waals surface area (Å²) in [5.41, 5.74) is 1.64. The van der Waals surface area contributed by atoms with Crippen LogP contribution in [0.2, 0.25) is 0 Å². The van der Waals surface area contributed by atoms with Crippen LogP contribution in [-0.2, 0) is 16.4 Å². The molecular weight excluding hydrogens is 290 g/mol. The fraction of sp³-hybridized carbons (Fsp3) is 0.533. The Hall–Kier alpha value is -1.56. The Kier molecular flexibility index (Phi) is 4.56. The maximum absolute atomic E-state index is 12.5. The average molecular weight is 311 g/mol. The van der Waals surface area contributed by atoms with Gasteiger partial charge in [-0.3, -0.25) is 4.31 Å². The van der Waals surface area contributed by atoms with Crippen molar-refractivity contribution >= 4 is 21.7 Å². The zero-order valence-electron chi connectivity index (χ0n) is 12.4. The van der Waals surface area contributed by atoms with Crippen molar-refractivity contribution in [2.45, 2.75) is 33.1 Å². The molecule has 0 aromatic heterocycles. The number of hydrogen-bond donors (Lipinski definition) is 1. The van der Waals surface area contributed by atoms with Gasteiger partial charge in [-0.2, -0.15) is 0 Å². The molecule has 0 radical (unpaired) electrons. The second-order valence-corrected chi connectivity index (χ2v) is 7.84. The second kappa shape index (κ2) is 6.05. The highest BCUT2D eigenvalue weighted by Gasteiger charge is 2.27. The Labute approximate surface area is 125 Å². The Morgan fingerprint density at radius 3 is 2.71 bits per heavy atom. The highest BCUT2D eigenvalue weighted by Crippen LogP contribution is 2.30. The van der Waals surface area contributed by atoms with Gasteiger partial charge in [0.25, 0.3) is 0 Å². The number of fused-ring (bicyclic) bond motifs is 1. The minimum atomic E-state index is -3.34. The van der Waals surface area contributed by atoms with Crippen molar-refractivity contribution in [3.05, 3.63) is 29.3 Å². The van der Waals surface area contributed by atoms with Gasteiger partial charge < -0.3 is 5.11 Å². The molecule has 1 aliphatic heterocycles. The number of benzene rings is 1. The predicted octanol–water partition coefficient (Wildman–Crippen LogP) is 2.51. The number of aromatic carboxylic acids is 1. The first-order valence-electron chi connectivity index (χ1n) is 7.18. The van der Waals surface area contributed by atoms with Crippen molar-refractivity contribution in [3.8, 4) is 0 Å². The summed E-state index contributed by atoms with van der Waals surface area (Å²) in [5, 5.41) is 9.03. The van der Waals surface area contributed by atoms with Gasteiger partial charge in [0, 0.05) is 6.54 Å². The number of carboxylic acids is 1. The molecule has 6 heteroatoms. The molecule has 0 spiro atoms. The largest absolute Gasteiger partial charge is 0.478 e. The van der Waals surface area contributed by atoms with E-state index in [1.165, 1.54) is 10.4 Å². The molecule has 1 heterocycles. The van der Waals surface area contributed by atoms with Gasteiger partial charge in [-0.1, -0.05) is 13.8 Å². The highest BCUT2D eigenvalue weighted by molar-refractivity contribution is 7.92. The lowest BCUT2D eigenvalue weighted by molar-refractivity contribution is 0.0696. The van der Waals surface area contributed by atoms with Gasteiger partial charge in [-0.15, -0.1) is 0 Å². The van der Waals surface area contributed by atoms with Gasteiger partial charge in [-0.05, 0) is 48.9 Å². The smallest absolute Gasteiger partial charge is 0.335 e. The normalized spacial score (nSPS) is 15.1. The molecule has 0 saturated heterocycles. The molecule has 1 aliphatic rings. The molecule has 2 rings (SSSR count). The van der Waals surface area contributed by atoms with E-state index in [0.717, 1.165) is 12.0 Å². The Morgan fingerprint density at radius 2 is 2.10 bits per heavy atom. The zero-order valence-corrected chi connectivity index (χ0v) is 13.2. The molecule has 21 heavy (non-hydrogen) atoms. The first kappa shape index (κ1) is 15.8. The lowest BCUT2D eigenvalue weighted by Gasteiger charge is -2.31. The van der Waals surface area contributed by atoms with Crippen molar-refractivity contribution in [1.82, 2.24) is 0 Å². The summed E-state index contributed by atoms with van der Waals surface area (Å²) in [7, 11) is -3.34. The molecule has 5 nitrogen and oxygen atoms in total. The number of carbonyl (C=O) groups is 1. The molecule has 0 atom stereocenters. The fourth-order valence-electron chi connectivity index (χ4n) is 2.48. The standard InChI is InChI=1S/C15H21NO4S/c1-11(2)7-9-21(19,20)16-8-3-4-12-10-13(15(17)18)5-6-14(12)16/h5-6,10-11H,3-4,7-9H2,1-2H3,(H,17,18). The van der Waals surface area contributed by atoms with Gasteiger partial charge >= 0.3 is 5.97 Å². The maximum Gasteiger partial charge on any atom is 0.335 e. The lowest BCUT2D eigenvalue weighted by Crippen LogP contribution is -2.37. The van der Waals surface area contributed by atoms with E-state index in [4.69, 9.17) is 5.11 Å². The molecule has 0 amide bonds. The van der Waals surface area contributed by atoms with Crippen molar-refractivity contribution in [1.29, 1.82) is 0 Å². The number of carboxylic acid groups (broad SMARTS) is 1. The van der Waals surface area contributed by atoms with E-state index < -0.39 is 16.0 Å². The summed E-state index contributed by atoms with van der Waals surface area (Å²) in [6, 6.07) is 4.67. The van der Waals surface area contributed by atoms with Crippen LogP contribution in [0, 0.1) is 5.92 Å². The van der Waals surface area contributed by atoms with E-state index in [-0.39, 0.29) is 11.3 Å². The third-order valence-corrected chi connectivity index (χ3v) is 5.49. The van der Waals surface area contributed by atoms with E-state index >= 15 is 0 Å². The van der Waals surface area contributed by atoms with Crippen molar-refractivity contribution in [2.75, 3.05) is 16.6 Å². The van der Waals surface area contributed by atoms with E-state index in [1.54, 1.807) is 12.1 Å². The second-order valence-electron chi connectivity index (χ2n) is 5.82. The van der Waals surface area contributed by atoms with Crippen LogP contribution in [0.4, 0.5) is 5.69 Å². The number of sulfonamides is 1. The monoisotopic (exact) mass is 311 g/mol. The van der Waals surface area contributed by atoms with Crippen LogP contribution >= 0.6 is 0 Å². The number of aryl methyl sites for hydroxylation is 1. The first-order chi connectivity index (χ1) is 9.81. The van der Waals surface area contributed by atoms with E-state index in [9.17, 15) is 13.2 Å². The van der Waals surface area contributed by atoms with Crippen LogP contribution in [0.1, 0.15) is 42.6 Å². The summed E-state index contributed by atoms with van der Waals surface area (Å²) >= 11 is 0. The third kappa shape index (κ3) is 3.56. The van der Waals surface area contributed by atoms with E-state index in [0.29, 0.717) is 31.0 Å². The van der Waals surface area contributed by atoms with Gasteiger partial charge in [-0.25, -0.2) is 13.2 Å². The average Bonchev–Trinajstić information content (AvgIpc) is 2.44. The van der Waals surface area contributed by atoms with Crippen LogP contribution < -0.4 is 4.31 Å². The van der Waals surface area contributed by atoms with E-state index in [2.05, 4.69) is 0 Å². The number of nitrogens with zero attached hydrogens (tertiary/aromatic N) is 1. The summed E-state index contributed by atoms with van der Waals surface area (Å²) in [6.07, 6.45) is 2.06. The van der Waals surface area contributed by atoms with Gasteiger partial charge in [0.1, 0.15) is 0 Å². The van der Waals surface area contributed by atoms with Crippen LogP contribution in [-0.4, -0.2) is 31.8 Å². The SMILES string of the molecule is CC(C)CCS(=O)(=O)N1CCCc2cc(C(=O)O)ccc21. The van der Waals surface area contributed by atoms with Crippen molar-refractivity contribution < 1.29 is 18.3 Å². The first-order valence-corrected chi connectivity index (χ1v) is 8.79. The quantitative estimate of drug-likeness (QED) is 0.906. The van der Waals surface area contributed by atoms with Crippen LogP contribution in [0.15, 0.2) is 18.2 Å². The topological polar surface area (TPSA) is 74.7 Å². The van der Waals surface area contributed by atoms with Gasteiger partial charge in [0.05, 0.1) is 17.0 Å². The van der Waals surface area contributed by atoms with Crippen LogP contribution in [0.5, 0.6) is 0 Å². The van der Waals surface area contributed by atoms with E-state index in [1.807, 2.05) is 13.8 Å².